The van der Waals surface area contributed by atoms with Crippen LogP contribution in [-0.2, 0) is 0 Å². The number of hydrogen-bond donors (Lipinski definition) is 1. The average molecular weight is 331 g/mol. The van der Waals surface area contributed by atoms with Crippen molar-refractivity contribution in [3.8, 4) is 0 Å². The van der Waals surface area contributed by atoms with E-state index in [1.807, 2.05) is 24.3 Å². The Morgan fingerprint density at radius 3 is 2.83 bits per heavy atom. The molecule has 1 saturated carbocycles. The van der Waals surface area contributed by atoms with E-state index in [0.29, 0.717) is 5.56 Å². The Labute approximate surface area is 121 Å². The molecule has 0 aromatic heterocycles. The second kappa shape index (κ2) is 6.58. The molecular formula is C14H17BrClNO. The van der Waals surface area contributed by atoms with E-state index in [1.54, 1.807) is 0 Å². The summed E-state index contributed by atoms with van der Waals surface area (Å²) in [6.45, 7) is 0. The Kier molecular flexibility index (Phi) is 5.07. The maximum Gasteiger partial charge on any atom is 0.251 e. The summed E-state index contributed by atoms with van der Waals surface area (Å²) in [4.78, 5) is 12.1. The Morgan fingerprint density at radius 2 is 2.06 bits per heavy atom. The molecule has 1 aromatic carbocycles. The largest absolute Gasteiger partial charge is 0.348 e. The van der Waals surface area contributed by atoms with Gasteiger partial charge >= 0.3 is 0 Å². The number of carbonyl (C=O) groups excluding carboxylic acids is 1. The van der Waals surface area contributed by atoms with Crippen LogP contribution in [0.4, 0.5) is 0 Å². The lowest BCUT2D eigenvalue weighted by Gasteiger charge is -2.21. The number of benzene rings is 1. The van der Waals surface area contributed by atoms with Crippen LogP contribution in [0.1, 0.15) is 42.5 Å². The van der Waals surface area contributed by atoms with Gasteiger partial charge in [0.1, 0.15) is 0 Å². The highest BCUT2D eigenvalue weighted by Gasteiger charge is 2.23. The molecule has 2 atom stereocenters. The predicted octanol–water partition coefficient (Wildman–Crippen LogP) is 4.12. The highest BCUT2D eigenvalue weighted by atomic mass is 79.9. The molecule has 0 saturated heterocycles. The van der Waals surface area contributed by atoms with Crippen LogP contribution in [-0.4, -0.2) is 17.3 Å². The molecular weight excluding hydrogens is 314 g/mol. The fourth-order valence-corrected chi connectivity index (χ4v) is 3.05. The average Bonchev–Trinajstić information content (AvgIpc) is 2.55. The Morgan fingerprint density at radius 1 is 1.28 bits per heavy atom. The van der Waals surface area contributed by atoms with Gasteiger partial charge in [-0.05, 0) is 31.0 Å². The van der Waals surface area contributed by atoms with E-state index >= 15 is 0 Å². The number of amides is 1. The van der Waals surface area contributed by atoms with Gasteiger partial charge in [0, 0.05) is 16.1 Å². The second-order valence-corrected chi connectivity index (χ2v) is 6.22. The highest BCUT2D eigenvalue weighted by molar-refractivity contribution is 9.10. The molecule has 2 nitrogen and oxygen atoms in total. The minimum atomic E-state index is -0.0335. The van der Waals surface area contributed by atoms with Gasteiger partial charge in [0.15, 0.2) is 0 Å². The lowest BCUT2D eigenvalue weighted by molar-refractivity contribution is 0.0934. The molecule has 98 valence electrons. The van der Waals surface area contributed by atoms with E-state index in [2.05, 4.69) is 21.2 Å². The molecule has 0 radical (unpaired) electrons. The molecule has 2 rings (SSSR count). The second-order valence-electron chi connectivity index (χ2n) is 4.74. The van der Waals surface area contributed by atoms with Crippen molar-refractivity contribution in [2.24, 2.45) is 0 Å². The van der Waals surface area contributed by atoms with Crippen molar-refractivity contribution >= 4 is 33.4 Å². The normalized spacial score (nSPS) is 24.3. The van der Waals surface area contributed by atoms with E-state index in [9.17, 15) is 4.79 Å². The zero-order chi connectivity index (χ0) is 13.0. The van der Waals surface area contributed by atoms with Crippen LogP contribution in [0.2, 0.25) is 0 Å². The molecule has 0 aliphatic heterocycles. The van der Waals surface area contributed by atoms with Crippen molar-refractivity contribution in [3.63, 3.8) is 0 Å². The Balaban J connectivity index is 2.01. The third-order valence-electron chi connectivity index (χ3n) is 3.33. The molecule has 1 fully saturated rings. The Bertz CT molecular complexity index is 424. The van der Waals surface area contributed by atoms with Gasteiger partial charge < -0.3 is 5.32 Å². The van der Waals surface area contributed by atoms with Gasteiger partial charge in [0.2, 0.25) is 0 Å². The number of rotatable bonds is 2. The number of hydrogen-bond acceptors (Lipinski definition) is 1. The van der Waals surface area contributed by atoms with Gasteiger partial charge in [0.25, 0.3) is 5.91 Å². The van der Waals surface area contributed by atoms with Gasteiger partial charge in [-0.1, -0.05) is 41.3 Å². The maximum absolute atomic E-state index is 12.1. The fraction of sp³-hybridized carbons (Fsp3) is 0.500. The lowest BCUT2D eigenvalue weighted by atomic mass is 10.1. The minimum Gasteiger partial charge on any atom is -0.348 e. The van der Waals surface area contributed by atoms with Gasteiger partial charge in [-0.2, -0.15) is 0 Å². The number of nitrogens with one attached hydrogen (secondary N) is 1. The standard InChI is InChI=1S/C14H17BrClNO/c15-11-6-4-5-10(9-11)14(18)17-13-8-3-1-2-7-12(13)16/h4-6,9,12-13H,1-3,7-8H2,(H,17,18). The zero-order valence-corrected chi connectivity index (χ0v) is 12.5. The van der Waals surface area contributed by atoms with Crippen LogP contribution in [0.15, 0.2) is 28.7 Å². The molecule has 1 aromatic rings. The van der Waals surface area contributed by atoms with E-state index in [0.717, 1.165) is 30.2 Å². The molecule has 2 unspecified atom stereocenters. The monoisotopic (exact) mass is 329 g/mol. The van der Waals surface area contributed by atoms with Crippen LogP contribution >= 0.6 is 27.5 Å². The summed E-state index contributed by atoms with van der Waals surface area (Å²) in [5, 5.41) is 3.12. The molecule has 0 bridgehead atoms. The van der Waals surface area contributed by atoms with E-state index in [-0.39, 0.29) is 17.3 Å². The smallest absolute Gasteiger partial charge is 0.251 e. The van der Waals surface area contributed by atoms with Gasteiger partial charge in [-0.3, -0.25) is 4.79 Å². The van der Waals surface area contributed by atoms with Crippen LogP contribution in [0, 0.1) is 0 Å². The molecule has 1 N–H and O–H groups in total. The molecule has 18 heavy (non-hydrogen) atoms. The summed E-state index contributed by atoms with van der Waals surface area (Å²) in [6.07, 6.45) is 5.50. The molecule has 0 spiro atoms. The first-order valence-electron chi connectivity index (χ1n) is 6.37. The molecule has 1 aliphatic rings. The number of alkyl halides is 1. The molecule has 1 amide bonds. The summed E-state index contributed by atoms with van der Waals surface area (Å²) in [6, 6.07) is 7.52. The third-order valence-corrected chi connectivity index (χ3v) is 4.35. The van der Waals surface area contributed by atoms with Crippen molar-refractivity contribution in [3.05, 3.63) is 34.3 Å². The van der Waals surface area contributed by atoms with E-state index in [1.165, 1.54) is 6.42 Å². The summed E-state index contributed by atoms with van der Waals surface area (Å²) >= 11 is 9.70. The number of carbonyl (C=O) groups is 1. The summed E-state index contributed by atoms with van der Waals surface area (Å²) in [5.74, 6) is -0.0335. The lowest BCUT2D eigenvalue weighted by Crippen LogP contribution is -2.40. The molecule has 0 heterocycles. The highest BCUT2D eigenvalue weighted by Crippen LogP contribution is 2.22. The van der Waals surface area contributed by atoms with Crippen molar-refractivity contribution in [1.29, 1.82) is 0 Å². The number of halogens is 2. The van der Waals surface area contributed by atoms with Crippen LogP contribution in [0.5, 0.6) is 0 Å². The maximum atomic E-state index is 12.1. The van der Waals surface area contributed by atoms with Crippen LogP contribution in [0.3, 0.4) is 0 Å². The zero-order valence-electron chi connectivity index (χ0n) is 10.2. The first-order valence-corrected chi connectivity index (χ1v) is 7.60. The SMILES string of the molecule is O=C(NC1CCCCCC1Cl)c1cccc(Br)c1. The van der Waals surface area contributed by atoms with Crippen LogP contribution < -0.4 is 5.32 Å². The predicted molar refractivity (Wildman–Crippen MR) is 78.1 cm³/mol. The summed E-state index contributed by atoms with van der Waals surface area (Å²) in [5.41, 5.74) is 0.678. The first-order chi connectivity index (χ1) is 8.66. The molecule has 4 heteroatoms. The van der Waals surface area contributed by atoms with Gasteiger partial charge in [-0.15, -0.1) is 11.6 Å². The fourth-order valence-electron chi connectivity index (χ4n) is 2.31. The minimum absolute atomic E-state index is 0.0335. The van der Waals surface area contributed by atoms with E-state index < -0.39 is 0 Å². The topological polar surface area (TPSA) is 29.1 Å². The van der Waals surface area contributed by atoms with Gasteiger partial charge in [0.05, 0.1) is 5.38 Å². The van der Waals surface area contributed by atoms with Crippen molar-refractivity contribution in [2.45, 2.75) is 43.5 Å². The third kappa shape index (κ3) is 3.72. The first kappa shape index (κ1) is 13.9. The summed E-state index contributed by atoms with van der Waals surface area (Å²) < 4.78 is 0.915. The van der Waals surface area contributed by atoms with Crippen molar-refractivity contribution < 1.29 is 4.79 Å². The quantitative estimate of drug-likeness (QED) is 0.641. The van der Waals surface area contributed by atoms with Crippen LogP contribution in [0.25, 0.3) is 0 Å². The summed E-state index contributed by atoms with van der Waals surface area (Å²) in [7, 11) is 0. The van der Waals surface area contributed by atoms with E-state index in [4.69, 9.17) is 11.6 Å². The van der Waals surface area contributed by atoms with Crippen molar-refractivity contribution in [1.82, 2.24) is 5.32 Å². The Hall–Kier alpha value is -0.540. The molecule has 1 aliphatic carbocycles. The van der Waals surface area contributed by atoms with Crippen molar-refractivity contribution in [2.75, 3.05) is 0 Å². The van der Waals surface area contributed by atoms with Gasteiger partial charge in [-0.25, -0.2) is 0 Å².